The molecule has 0 spiro atoms. The Morgan fingerprint density at radius 3 is 2.85 bits per heavy atom. The van der Waals surface area contributed by atoms with Gasteiger partial charge < -0.3 is 20.2 Å². The Labute approximate surface area is 153 Å². The number of aromatic nitrogens is 2. The van der Waals surface area contributed by atoms with Crippen molar-refractivity contribution in [1.82, 2.24) is 9.97 Å². The van der Waals surface area contributed by atoms with Crippen LogP contribution in [-0.4, -0.2) is 48.4 Å². The van der Waals surface area contributed by atoms with E-state index >= 15 is 0 Å². The summed E-state index contributed by atoms with van der Waals surface area (Å²) in [6.07, 6.45) is 4.73. The predicted molar refractivity (Wildman–Crippen MR) is 102 cm³/mol. The maximum atomic E-state index is 14.1. The van der Waals surface area contributed by atoms with E-state index in [1.807, 2.05) is 26.2 Å². The molecule has 0 amide bonds. The molecule has 2 N–H and O–H groups in total. The fourth-order valence-electron chi connectivity index (χ4n) is 3.31. The molecule has 1 atom stereocenters. The molecule has 2 heterocycles. The van der Waals surface area contributed by atoms with Crippen LogP contribution in [0.4, 0.5) is 21.7 Å². The smallest absolute Gasteiger partial charge is 0.146 e. The molecule has 6 nitrogen and oxygen atoms in total. The molecule has 0 radical (unpaired) electrons. The minimum absolute atomic E-state index is 0.110. The van der Waals surface area contributed by atoms with Crippen LogP contribution < -0.4 is 15.1 Å². The molecule has 1 aromatic heterocycles. The zero-order chi connectivity index (χ0) is 18.5. The van der Waals surface area contributed by atoms with Crippen molar-refractivity contribution in [2.24, 2.45) is 0 Å². The zero-order valence-corrected chi connectivity index (χ0v) is 15.3. The summed E-state index contributed by atoms with van der Waals surface area (Å²) in [5, 5.41) is 12.8. The first-order valence-electron chi connectivity index (χ1n) is 8.97. The number of benzene rings is 1. The molecule has 140 valence electrons. The number of nitrogens with one attached hydrogen (secondary N) is 1. The Hall–Kier alpha value is -2.41. The molecule has 0 bridgehead atoms. The van der Waals surface area contributed by atoms with E-state index < -0.39 is 0 Å². The van der Waals surface area contributed by atoms with Gasteiger partial charge in [-0.1, -0.05) is 6.07 Å². The van der Waals surface area contributed by atoms with Crippen LogP contribution >= 0.6 is 0 Å². The Morgan fingerprint density at radius 2 is 2.12 bits per heavy atom. The molecule has 1 unspecified atom stereocenters. The number of nitrogens with zero attached hydrogens (tertiary/aromatic N) is 4. The van der Waals surface area contributed by atoms with E-state index in [9.17, 15) is 9.50 Å². The van der Waals surface area contributed by atoms with Crippen molar-refractivity contribution in [2.45, 2.75) is 31.8 Å². The minimum atomic E-state index is -0.239. The number of hydrogen-bond donors (Lipinski definition) is 2. The van der Waals surface area contributed by atoms with E-state index in [0.29, 0.717) is 18.1 Å². The predicted octanol–water partition coefficient (Wildman–Crippen LogP) is 2.65. The van der Waals surface area contributed by atoms with E-state index in [0.717, 1.165) is 37.2 Å². The largest absolute Gasteiger partial charge is 0.394 e. The third kappa shape index (κ3) is 4.22. The summed E-state index contributed by atoms with van der Waals surface area (Å²) in [4.78, 5) is 12.5. The summed E-state index contributed by atoms with van der Waals surface area (Å²) in [6.45, 7) is 1.49. The van der Waals surface area contributed by atoms with E-state index in [-0.39, 0.29) is 18.5 Å². The number of rotatable bonds is 6. The average molecular weight is 359 g/mol. The summed E-state index contributed by atoms with van der Waals surface area (Å²) in [6, 6.07) is 7.21. The average Bonchev–Trinajstić information content (AvgIpc) is 2.66. The van der Waals surface area contributed by atoms with Crippen molar-refractivity contribution < 1.29 is 9.50 Å². The van der Waals surface area contributed by atoms with Crippen LogP contribution in [0, 0.1) is 5.82 Å². The first kappa shape index (κ1) is 18.4. The molecule has 1 saturated heterocycles. The van der Waals surface area contributed by atoms with E-state index in [4.69, 9.17) is 0 Å². The topological polar surface area (TPSA) is 64.5 Å². The minimum Gasteiger partial charge on any atom is -0.394 e. The Bertz CT molecular complexity index is 740. The Morgan fingerprint density at radius 1 is 1.27 bits per heavy atom. The van der Waals surface area contributed by atoms with Gasteiger partial charge in [-0.2, -0.15) is 0 Å². The lowest BCUT2D eigenvalue weighted by atomic mass is 10.0. The fraction of sp³-hybridized carbons (Fsp3) is 0.474. The molecule has 1 fully saturated rings. The van der Waals surface area contributed by atoms with Gasteiger partial charge in [0.05, 0.1) is 18.3 Å². The van der Waals surface area contributed by atoms with Crippen LogP contribution in [-0.2, 0) is 6.54 Å². The standard InChI is InChI=1S/C19H26FN5O/c1-24(2)17-7-6-14(9-16(17)20)11-21-18-10-19(23-13-22-18)25-8-4-3-5-15(25)12-26/h6-7,9-10,13,15,26H,3-5,8,11-12H2,1-2H3,(H,21,22,23). The molecule has 1 aliphatic rings. The van der Waals surface area contributed by atoms with Gasteiger partial charge in [-0.3, -0.25) is 0 Å². The van der Waals surface area contributed by atoms with Crippen molar-refractivity contribution in [3.63, 3.8) is 0 Å². The SMILES string of the molecule is CN(C)c1ccc(CNc2cc(N3CCCCC3CO)ncn2)cc1F. The number of anilines is 3. The van der Waals surface area contributed by atoms with Crippen molar-refractivity contribution in [3.8, 4) is 0 Å². The van der Waals surface area contributed by atoms with Crippen LogP contribution in [0.3, 0.4) is 0 Å². The second kappa shape index (κ2) is 8.31. The monoisotopic (exact) mass is 359 g/mol. The van der Waals surface area contributed by atoms with Gasteiger partial charge in [-0.25, -0.2) is 14.4 Å². The summed E-state index contributed by atoms with van der Waals surface area (Å²) in [7, 11) is 3.64. The summed E-state index contributed by atoms with van der Waals surface area (Å²) >= 11 is 0. The van der Waals surface area contributed by atoms with E-state index in [1.165, 1.54) is 12.4 Å². The molecule has 0 aliphatic carbocycles. The number of aliphatic hydroxyl groups excluding tert-OH is 1. The molecule has 3 rings (SSSR count). The van der Waals surface area contributed by atoms with Crippen molar-refractivity contribution in [3.05, 3.63) is 42.0 Å². The number of piperidine rings is 1. The van der Waals surface area contributed by atoms with Crippen LogP contribution in [0.15, 0.2) is 30.6 Å². The molecule has 0 saturated carbocycles. The lowest BCUT2D eigenvalue weighted by Crippen LogP contribution is -2.42. The third-order valence-corrected chi connectivity index (χ3v) is 4.75. The first-order chi connectivity index (χ1) is 12.6. The van der Waals surface area contributed by atoms with Gasteiger partial charge in [0.1, 0.15) is 23.8 Å². The molecular weight excluding hydrogens is 333 g/mol. The molecular formula is C19H26FN5O. The molecule has 1 aromatic carbocycles. The van der Waals surface area contributed by atoms with Crippen LogP contribution in [0.1, 0.15) is 24.8 Å². The fourth-order valence-corrected chi connectivity index (χ4v) is 3.31. The van der Waals surface area contributed by atoms with Gasteiger partial charge in [-0.15, -0.1) is 0 Å². The highest BCUT2D eigenvalue weighted by Gasteiger charge is 2.23. The van der Waals surface area contributed by atoms with E-state index in [2.05, 4.69) is 20.2 Å². The van der Waals surface area contributed by atoms with Crippen molar-refractivity contribution in [1.29, 1.82) is 0 Å². The lowest BCUT2D eigenvalue weighted by Gasteiger charge is -2.35. The molecule has 26 heavy (non-hydrogen) atoms. The number of aliphatic hydroxyl groups is 1. The first-order valence-corrected chi connectivity index (χ1v) is 8.97. The van der Waals surface area contributed by atoms with Crippen LogP contribution in [0.5, 0.6) is 0 Å². The maximum absolute atomic E-state index is 14.1. The van der Waals surface area contributed by atoms with Gasteiger partial charge in [0.15, 0.2) is 0 Å². The summed E-state index contributed by atoms with van der Waals surface area (Å²) in [5.41, 5.74) is 1.41. The zero-order valence-electron chi connectivity index (χ0n) is 15.3. The highest BCUT2D eigenvalue weighted by atomic mass is 19.1. The number of hydrogen-bond acceptors (Lipinski definition) is 6. The second-order valence-electron chi connectivity index (χ2n) is 6.82. The maximum Gasteiger partial charge on any atom is 0.146 e. The van der Waals surface area contributed by atoms with Gasteiger partial charge in [0.25, 0.3) is 0 Å². The third-order valence-electron chi connectivity index (χ3n) is 4.75. The lowest BCUT2D eigenvalue weighted by molar-refractivity contribution is 0.239. The van der Waals surface area contributed by atoms with Crippen LogP contribution in [0.2, 0.25) is 0 Å². The molecule has 2 aromatic rings. The van der Waals surface area contributed by atoms with Gasteiger partial charge in [-0.05, 0) is 37.0 Å². The highest BCUT2D eigenvalue weighted by Crippen LogP contribution is 2.24. The molecule has 1 aliphatic heterocycles. The Kier molecular flexibility index (Phi) is 5.88. The number of halogens is 1. The summed E-state index contributed by atoms with van der Waals surface area (Å²) < 4.78 is 14.1. The molecule has 7 heteroatoms. The normalized spacial score (nSPS) is 17.2. The van der Waals surface area contributed by atoms with Crippen LogP contribution in [0.25, 0.3) is 0 Å². The van der Waals surface area contributed by atoms with E-state index in [1.54, 1.807) is 11.0 Å². The quantitative estimate of drug-likeness (QED) is 0.827. The van der Waals surface area contributed by atoms with Gasteiger partial charge in [0.2, 0.25) is 0 Å². The summed E-state index contributed by atoms with van der Waals surface area (Å²) in [5.74, 6) is 1.27. The van der Waals surface area contributed by atoms with Crippen molar-refractivity contribution >= 4 is 17.3 Å². The Balaban J connectivity index is 1.68. The second-order valence-corrected chi connectivity index (χ2v) is 6.82. The van der Waals surface area contributed by atoms with Gasteiger partial charge in [0, 0.05) is 33.3 Å². The highest BCUT2D eigenvalue weighted by molar-refractivity contribution is 5.51. The van der Waals surface area contributed by atoms with Crippen molar-refractivity contribution in [2.75, 3.05) is 42.4 Å². The van der Waals surface area contributed by atoms with Gasteiger partial charge >= 0.3 is 0 Å².